The van der Waals surface area contributed by atoms with Crippen molar-refractivity contribution < 1.29 is 9.53 Å². The lowest BCUT2D eigenvalue weighted by atomic mass is 10.0. The van der Waals surface area contributed by atoms with Crippen LogP contribution in [0.5, 0.6) is 0 Å². The van der Waals surface area contributed by atoms with Gasteiger partial charge >= 0.3 is 0 Å². The van der Waals surface area contributed by atoms with E-state index in [0.717, 1.165) is 23.5 Å². The highest BCUT2D eigenvalue weighted by molar-refractivity contribution is 5.94. The molecule has 0 saturated carbocycles. The van der Waals surface area contributed by atoms with E-state index < -0.39 is 0 Å². The second-order valence-corrected chi connectivity index (χ2v) is 5.66. The predicted molar refractivity (Wildman–Crippen MR) is 95.0 cm³/mol. The van der Waals surface area contributed by atoms with E-state index in [1.807, 2.05) is 11.9 Å². The Labute approximate surface area is 143 Å². The first-order chi connectivity index (χ1) is 11.6. The molecule has 1 amide bonds. The van der Waals surface area contributed by atoms with Gasteiger partial charge < -0.3 is 14.5 Å². The van der Waals surface area contributed by atoms with Crippen LogP contribution in [0.25, 0.3) is 0 Å². The molecule has 0 radical (unpaired) electrons. The molecule has 6 heteroatoms. The van der Waals surface area contributed by atoms with Gasteiger partial charge in [-0.1, -0.05) is 6.58 Å². The van der Waals surface area contributed by atoms with Gasteiger partial charge in [-0.3, -0.25) is 14.8 Å². The van der Waals surface area contributed by atoms with E-state index in [2.05, 4.69) is 23.3 Å². The lowest BCUT2D eigenvalue weighted by molar-refractivity contribution is 0.0762. The molecule has 0 saturated heterocycles. The molecule has 1 aromatic rings. The Balaban J connectivity index is 2.12. The number of allylic oxidation sites excluding steroid dienone is 1. The summed E-state index contributed by atoms with van der Waals surface area (Å²) < 4.78 is 5.11. The summed E-state index contributed by atoms with van der Waals surface area (Å²) in [4.78, 5) is 24.5. The van der Waals surface area contributed by atoms with E-state index in [0.29, 0.717) is 31.7 Å². The van der Waals surface area contributed by atoms with Crippen LogP contribution in [-0.4, -0.2) is 67.8 Å². The number of carbonyl (C=O) groups is 1. The van der Waals surface area contributed by atoms with Crippen LogP contribution in [0.3, 0.4) is 0 Å². The van der Waals surface area contributed by atoms with Crippen molar-refractivity contribution >= 4 is 12.6 Å². The summed E-state index contributed by atoms with van der Waals surface area (Å²) in [6.45, 7) is 10.3. The molecule has 0 aromatic carbocycles. The molecule has 0 aliphatic carbocycles. The molecule has 0 atom stereocenters. The standard InChI is InChI=1S/C18H24N4O2/c1-14(21(3)10-11-24-4)16-7-9-22(13-17(16)19-2)18(23)15-6-5-8-20-12-15/h5-6,8,12H,1-2,7,9-11,13H2,3-4H3. The smallest absolute Gasteiger partial charge is 0.255 e. The quantitative estimate of drug-likeness (QED) is 0.718. The van der Waals surface area contributed by atoms with Crippen LogP contribution in [0.15, 0.2) is 53.1 Å². The maximum atomic E-state index is 12.6. The second-order valence-electron chi connectivity index (χ2n) is 5.66. The first kappa shape index (κ1) is 17.9. The van der Waals surface area contributed by atoms with Crippen molar-refractivity contribution in [3.63, 3.8) is 0 Å². The maximum absolute atomic E-state index is 12.6. The van der Waals surface area contributed by atoms with Crippen LogP contribution in [0.1, 0.15) is 16.8 Å². The van der Waals surface area contributed by atoms with Crippen molar-refractivity contribution in [3.8, 4) is 0 Å². The zero-order valence-electron chi connectivity index (χ0n) is 14.4. The van der Waals surface area contributed by atoms with Crippen molar-refractivity contribution in [3.05, 3.63) is 53.6 Å². The average Bonchev–Trinajstić information content (AvgIpc) is 2.65. The van der Waals surface area contributed by atoms with E-state index in [1.165, 1.54) is 0 Å². The number of aliphatic imine (C=N–C) groups is 1. The Morgan fingerprint density at radius 1 is 1.54 bits per heavy atom. The average molecular weight is 328 g/mol. The highest BCUT2D eigenvalue weighted by atomic mass is 16.5. The number of hydrogen-bond donors (Lipinski definition) is 0. The van der Waals surface area contributed by atoms with E-state index >= 15 is 0 Å². The Morgan fingerprint density at radius 3 is 2.96 bits per heavy atom. The fourth-order valence-electron chi connectivity index (χ4n) is 2.64. The lowest BCUT2D eigenvalue weighted by Crippen LogP contribution is -2.38. The van der Waals surface area contributed by atoms with Crippen LogP contribution in [0.2, 0.25) is 0 Å². The molecule has 128 valence electrons. The zero-order chi connectivity index (χ0) is 17.5. The number of likely N-dealkylation sites (N-methyl/N-ethyl adjacent to an activating group) is 1. The first-order valence-electron chi connectivity index (χ1n) is 7.86. The number of pyridine rings is 1. The molecule has 1 aliphatic rings. The van der Waals surface area contributed by atoms with E-state index in [1.54, 1.807) is 36.5 Å². The van der Waals surface area contributed by atoms with Gasteiger partial charge in [-0.25, -0.2) is 0 Å². The second kappa shape index (κ2) is 8.40. The topological polar surface area (TPSA) is 58.0 Å². The minimum atomic E-state index is -0.0401. The van der Waals surface area contributed by atoms with Gasteiger partial charge in [0, 0.05) is 45.3 Å². The third kappa shape index (κ3) is 4.08. The van der Waals surface area contributed by atoms with E-state index in [-0.39, 0.29) is 5.91 Å². The third-order valence-corrected chi connectivity index (χ3v) is 4.15. The molecule has 24 heavy (non-hydrogen) atoms. The fourth-order valence-corrected chi connectivity index (χ4v) is 2.64. The Hall–Kier alpha value is -2.47. The summed E-state index contributed by atoms with van der Waals surface area (Å²) >= 11 is 0. The molecule has 0 N–H and O–H groups in total. The number of rotatable bonds is 7. The number of methoxy groups -OCH3 is 1. The van der Waals surface area contributed by atoms with Crippen LogP contribution in [0, 0.1) is 0 Å². The van der Waals surface area contributed by atoms with E-state index in [9.17, 15) is 4.79 Å². The highest BCUT2D eigenvalue weighted by Gasteiger charge is 2.25. The summed E-state index contributed by atoms with van der Waals surface area (Å²) in [6.07, 6.45) is 3.94. The number of aromatic nitrogens is 1. The molecule has 6 nitrogen and oxygen atoms in total. The van der Waals surface area contributed by atoms with Crippen LogP contribution >= 0.6 is 0 Å². The summed E-state index contributed by atoms with van der Waals surface area (Å²) in [5, 5.41) is 0. The van der Waals surface area contributed by atoms with Gasteiger partial charge in [-0.2, -0.15) is 0 Å². The molecule has 0 fully saturated rings. The van der Waals surface area contributed by atoms with Crippen molar-refractivity contribution in [2.24, 2.45) is 4.99 Å². The number of nitrogens with zero attached hydrogens (tertiary/aromatic N) is 4. The molecule has 2 heterocycles. The largest absolute Gasteiger partial charge is 0.383 e. The molecule has 1 aromatic heterocycles. The van der Waals surface area contributed by atoms with Gasteiger partial charge in [0.05, 0.1) is 24.4 Å². The monoisotopic (exact) mass is 328 g/mol. The Morgan fingerprint density at radius 2 is 2.33 bits per heavy atom. The number of hydrogen-bond acceptors (Lipinski definition) is 5. The summed E-state index contributed by atoms with van der Waals surface area (Å²) in [5.74, 6) is -0.0401. The van der Waals surface area contributed by atoms with Crippen LogP contribution in [0.4, 0.5) is 0 Å². The molecule has 0 bridgehead atoms. The van der Waals surface area contributed by atoms with Crippen LogP contribution in [-0.2, 0) is 4.74 Å². The molecule has 1 aliphatic heterocycles. The Bertz CT molecular complexity index is 640. The summed E-state index contributed by atoms with van der Waals surface area (Å²) in [6, 6.07) is 3.53. The van der Waals surface area contributed by atoms with Crippen molar-refractivity contribution in [2.45, 2.75) is 6.42 Å². The van der Waals surface area contributed by atoms with Gasteiger partial charge in [-0.15, -0.1) is 0 Å². The minimum absolute atomic E-state index is 0.0401. The van der Waals surface area contributed by atoms with E-state index in [4.69, 9.17) is 4.74 Å². The van der Waals surface area contributed by atoms with Gasteiger partial charge in [0.1, 0.15) is 0 Å². The third-order valence-electron chi connectivity index (χ3n) is 4.15. The lowest BCUT2D eigenvalue weighted by Gasteiger charge is -2.32. The number of carbonyl (C=O) groups excluding carboxylic acids is 1. The molecular weight excluding hydrogens is 304 g/mol. The SMILES string of the molecule is C=NC1=C(C(=C)N(C)CCOC)CCN(C(=O)c2cccnc2)C1. The van der Waals surface area contributed by atoms with Gasteiger partial charge in [0.2, 0.25) is 0 Å². The Kier molecular flexibility index (Phi) is 6.26. The zero-order valence-corrected chi connectivity index (χ0v) is 14.4. The predicted octanol–water partition coefficient (Wildman–Crippen LogP) is 1.97. The minimum Gasteiger partial charge on any atom is -0.383 e. The molecule has 0 spiro atoms. The molecular formula is C18H24N4O2. The van der Waals surface area contributed by atoms with Gasteiger partial charge in [0.25, 0.3) is 5.91 Å². The van der Waals surface area contributed by atoms with Gasteiger partial charge in [-0.05, 0) is 30.8 Å². The van der Waals surface area contributed by atoms with Crippen molar-refractivity contribution in [1.82, 2.24) is 14.8 Å². The van der Waals surface area contributed by atoms with Crippen molar-refractivity contribution in [2.75, 3.05) is 40.4 Å². The number of ether oxygens (including phenoxy) is 1. The molecule has 0 unspecified atom stereocenters. The first-order valence-corrected chi connectivity index (χ1v) is 7.86. The number of amides is 1. The normalized spacial score (nSPS) is 14.5. The summed E-state index contributed by atoms with van der Waals surface area (Å²) in [7, 11) is 3.65. The highest BCUT2D eigenvalue weighted by Crippen LogP contribution is 2.26. The van der Waals surface area contributed by atoms with Crippen molar-refractivity contribution in [1.29, 1.82) is 0 Å². The van der Waals surface area contributed by atoms with Gasteiger partial charge in [0.15, 0.2) is 0 Å². The van der Waals surface area contributed by atoms with Crippen LogP contribution < -0.4 is 0 Å². The summed E-state index contributed by atoms with van der Waals surface area (Å²) in [5.41, 5.74) is 3.34. The molecule has 2 rings (SSSR count). The fraction of sp³-hybridized carbons (Fsp3) is 0.389. The maximum Gasteiger partial charge on any atom is 0.255 e.